The number of hydrogen-bond donors (Lipinski definition) is 1. The number of pyridine rings is 2. The fourth-order valence-corrected chi connectivity index (χ4v) is 1.84. The fourth-order valence-electron chi connectivity index (χ4n) is 1.84. The third-order valence-corrected chi connectivity index (χ3v) is 2.64. The second kappa shape index (κ2) is 3.46. The van der Waals surface area contributed by atoms with Crippen molar-refractivity contribution in [3.05, 3.63) is 46.0 Å². The van der Waals surface area contributed by atoms with Crippen molar-refractivity contribution in [3.63, 3.8) is 0 Å². The largest absolute Gasteiger partial charge is 0.485 e. The molecule has 0 spiro atoms. The first-order chi connectivity index (χ1) is 8.29. The molecule has 5 nitrogen and oxygen atoms in total. The Bertz CT molecular complexity index is 698. The van der Waals surface area contributed by atoms with Crippen LogP contribution in [0.4, 0.5) is 0 Å². The summed E-state index contributed by atoms with van der Waals surface area (Å²) in [6.45, 7) is 0.287. The Morgan fingerprint density at radius 3 is 3.24 bits per heavy atom. The molecule has 1 aliphatic rings. The van der Waals surface area contributed by atoms with Gasteiger partial charge in [0.15, 0.2) is 0 Å². The number of nitrogens with one attached hydrogen (secondary N) is 1. The highest BCUT2D eigenvalue weighted by atomic mass is 16.5. The van der Waals surface area contributed by atoms with Gasteiger partial charge < -0.3 is 9.72 Å². The Labute approximate surface area is 96.3 Å². The quantitative estimate of drug-likeness (QED) is 0.730. The number of ether oxygens (including phenoxy) is 1. The highest BCUT2D eigenvalue weighted by molar-refractivity contribution is 5.70. The number of nitriles is 1. The van der Waals surface area contributed by atoms with Crippen molar-refractivity contribution in [1.82, 2.24) is 9.97 Å². The third-order valence-electron chi connectivity index (χ3n) is 2.64. The molecule has 0 saturated carbocycles. The number of nitrogens with zero attached hydrogens (tertiary/aromatic N) is 2. The Kier molecular flexibility index (Phi) is 1.95. The molecule has 1 aliphatic heterocycles. The summed E-state index contributed by atoms with van der Waals surface area (Å²) in [6.07, 6.45) is 1.65. The van der Waals surface area contributed by atoms with Gasteiger partial charge in [0, 0.05) is 11.8 Å². The standard InChI is InChI=1S/C12H7N3O2/c13-5-7-4-8-9(15-12(7)16)6-17-10-2-1-3-14-11(8)10/h1-4H,6H2,(H,15,16). The molecule has 0 aromatic carbocycles. The number of aromatic nitrogens is 2. The molecule has 0 unspecified atom stereocenters. The van der Waals surface area contributed by atoms with Crippen LogP contribution in [0.15, 0.2) is 29.2 Å². The van der Waals surface area contributed by atoms with Gasteiger partial charge in [0.1, 0.15) is 29.7 Å². The molecule has 82 valence electrons. The highest BCUT2D eigenvalue weighted by Gasteiger charge is 2.20. The first-order valence-electron chi connectivity index (χ1n) is 5.04. The highest BCUT2D eigenvalue weighted by Crippen LogP contribution is 2.33. The number of H-pyrrole nitrogens is 1. The predicted molar refractivity (Wildman–Crippen MR) is 59.3 cm³/mol. The minimum Gasteiger partial charge on any atom is -0.485 e. The van der Waals surface area contributed by atoms with Crippen molar-refractivity contribution in [1.29, 1.82) is 5.26 Å². The monoisotopic (exact) mass is 225 g/mol. The summed E-state index contributed by atoms with van der Waals surface area (Å²) in [5.74, 6) is 0.663. The van der Waals surface area contributed by atoms with Gasteiger partial charge >= 0.3 is 0 Å². The summed E-state index contributed by atoms with van der Waals surface area (Å²) in [4.78, 5) is 18.3. The molecule has 1 N–H and O–H groups in total. The number of fused-ring (bicyclic) bond motifs is 3. The Hall–Kier alpha value is -2.61. The summed E-state index contributed by atoms with van der Waals surface area (Å²) in [5, 5.41) is 8.85. The van der Waals surface area contributed by atoms with E-state index in [0.717, 1.165) is 5.56 Å². The van der Waals surface area contributed by atoms with Gasteiger partial charge in [0.25, 0.3) is 5.56 Å². The number of aromatic amines is 1. The van der Waals surface area contributed by atoms with E-state index in [0.29, 0.717) is 17.1 Å². The van der Waals surface area contributed by atoms with Gasteiger partial charge in [0.2, 0.25) is 0 Å². The molecule has 2 aromatic heterocycles. The van der Waals surface area contributed by atoms with Crippen LogP contribution in [0.3, 0.4) is 0 Å². The molecule has 0 saturated heterocycles. The Morgan fingerprint density at radius 2 is 2.41 bits per heavy atom. The zero-order valence-electron chi connectivity index (χ0n) is 8.73. The maximum Gasteiger partial charge on any atom is 0.266 e. The Morgan fingerprint density at radius 1 is 1.53 bits per heavy atom. The normalized spacial score (nSPS) is 11.9. The smallest absolute Gasteiger partial charge is 0.266 e. The average Bonchev–Trinajstić information content (AvgIpc) is 2.37. The van der Waals surface area contributed by atoms with Crippen LogP contribution in [0.5, 0.6) is 5.75 Å². The molecule has 0 aliphatic carbocycles. The molecule has 5 heteroatoms. The summed E-state index contributed by atoms with van der Waals surface area (Å²) >= 11 is 0. The van der Waals surface area contributed by atoms with Crippen LogP contribution in [0.2, 0.25) is 0 Å². The van der Waals surface area contributed by atoms with Crippen LogP contribution in [-0.2, 0) is 6.61 Å². The molecular formula is C12H7N3O2. The number of rotatable bonds is 0. The molecule has 3 rings (SSSR count). The second-order valence-corrected chi connectivity index (χ2v) is 3.65. The van der Waals surface area contributed by atoms with Gasteiger partial charge in [-0.25, -0.2) is 0 Å². The molecule has 0 amide bonds. The van der Waals surface area contributed by atoms with E-state index in [4.69, 9.17) is 10.00 Å². The maximum absolute atomic E-state index is 11.5. The van der Waals surface area contributed by atoms with Gasteiger partial charge in [-0.1, -0.05) is 0 Å². The topological polar surface area (TPSA) is 78.8 Å². The van der Waals surface area contributed by atoms with Gasteiger partial charge in [0.05, 0.1) is 5.69 Å². The molecule has 3 heterocycles. The molecule has 0 radical (unpaired) electrons. The lowest BCUT2D eigenvalue weighted by Crippen LogP contribution is -2.18. The third kappa shape index (κ3) is 1.39. The van der Waals surface area contributed by atoms with Crippen LogP contribution in [-0.4, -0.2) is 9.97 Å². The van der Waals surface area contributed by atoms with E-state index in [-0.39, 0.29) is 12.2 Å². The molecular weight excluding hydrogens is 218 g/mol. The lowest BCUT2D eigenvalue weighted by molar-refractivity contribution is 0.295. The molecule has 0 atom stereocenters. The zero-order chi connectivity index (χ0) is 11.8. The lowest BCUT2D eigenvalue weighted by Gasteiger charge is -2.18. The van der Waals surface area contributed by atoms with Gasteiger partial charge in [-0.3, -0.25) is 9.78 Å². The van der Waals surface area contributed by atoms with E-state index in [1.54, 1.807) is 18.3 Å². The van der Waals surface area contributed by atoms with E-state index in [9.17, 15) is 4.79 Å². The first kappa shape index (κ1) is 9.60. The fraction of sp³-hybridized carbons (Fsp3) is 0.0833. The van der Waals surface area contributed by atoms with Crippen LogP contribution in [0.25, 0.3) is 11.3 Å². The van der Waals surface area contributed by atoms with Crippen LogP contribution < -0.4 is 10.3 Å². The minimum atomic E-state index is -0.394. The summed E-state index contributed by atoms with van der Waals surface area (Å²) in [7, 11) is 0. The van der Waals surface area contributed by atoms with Crippen molar-refractivity contribution in [2.24, 2.45) is 0 Å². The van der Waals surface area contributed by atoms with Crippen molar-refractivity contribution in [2.75, 3.05) is 0 Å². The van der Waals surface area contributed by atoms with E-state index < -0.39 is 5.56 Å². The summed E-state index contributed by atoms with van der Waals surface area (Å²) in [5.41, 5.74) is 1.75. The van der Waals surface area contributed by atoms with Crippen molar-refractivity contribution >= 4 is 0 Å². The van der Waals surface area contributed by atoms with Crippen LogP contribution >= 0.6 is 0 Å². The van der Waals surface area contributed by atoms with E-state index in [2.05, 4.69) is 9.97 Å². The van der Waals surface area contributed by atoms with Gasteiger partial charge in [-0.2, -0.15) is 5.26 Å². The van der Waals surface area contributed by atoms with Crippen molar-refractivity contribution in [3.8, 4) is 23.1 Å². The van der Waals surface area contributed by atoms with Crippen LogP contribution in [0.1, 0.15) is 11.3 Å². The maximum atomic E-state index is 11.5. The summed E-state index contributed by atoms with van der Waals surface area (Å²) < 4.78 is 5.46. The average molecular weight is 225 g/mol. The van der Waals surface area contributed by atoms with Crippen molar-refractivity contribution < 1.29 is 4.74 Å². The lowest BCUT2D eigenvalue weighted by atomic mass is 10.0. The minimum absolute atomic E-state index is 0.0854. The molecule has 2 aromatic rings. The van der Waals surface area contributed by atoms with Crippen molar-refractivity contribution in [2.45, 2.75) is 6.61 Å². The number of hydrogen-bond acceptors (Lipinski definition) is 4. The SMILES string of the molecule is N#Cc1cc2c([nH]c1=O)COc1cccnc1-2. The summed E-state index contributed by atoms with van der Waals surface area (Å²) in [6, 6.07) is 7.01. The molecule has 0 fully saturated rings. The zero-order valence-corrected chi connectivity index (χ0v) is 8.73. The van der Waals surface area contributed by atoms with Crippen LogP contribution in [0, 0.1) is 11.3 Å². The van der Waals surface area contributed by atoms with E-state index >= 15 is 0 Å². The van der Waals surface area contributed by atoms with Gasteiger partial charge in [-0.15, -0.1) is 0 Å². The molecule has 17 heavy (non-hydrogen) atoms. The van der Waals surface area contributed by atoms with E-state index in [1.807, 2.05) is 12.1 Å². The predicted octanol–water partition coefficient (Wildman–Crippen LogP) is 1.20. The second-order valence-electron chi connectivity index (χ2n) is 3.65. The van der Waals surface area contributed by atoms with Gasteiger partial charge in [-0.05, 0) is 18.2 Å². The molecule has 0 bridgehead atoms. The Balaban J connectivity index is 2.32. The van der Waals surface area contributed by atoms with E-state index in [1.165, 1.54) is 0 Å². The first-order valence-corrected chi connectivity index (χ1v) is 5.04.